The minimum absolute atomic E-state index is 0.0160. The van der Waals surface area contributed by atoms with Crippen LogP contribution in [0.25, 0.3) is 5.78 Å². The minimum Gasteiger partial charge on any atom is -0.504 e. The van der Waals surface area contributed by atoms with Gasteiger partial charge in [0, 0.05) is 44.8 Å². The molecule has 2 amide bonds. The van der Waals surface area contributed by atoms with Gasteiger partial charge in [-0.25, -0.2) is 4.98 Å². The van der Waals surface area contributed by atoms with Crippen LogP contribution in [0.5, 0.6) is 5.75 Å². The van der Waals surface area contributed by atoms with Crippen LogP contribution in [-0.4, -0.2) is 90.4 Å². The fraction of sp³-hybridized carbons (Fsp3) is 0.379. The van der Waals surface area contributed by atoms with E-state index in [0.717, 1.165) is 22.7 Å². The number of benzene rings is 1. The Hall–Kier alpha value is -4.61. The Morgan fingerprint density at radius 2 is 1.83 bits per heavy atom. The van der Waals surface area contributed by atoms with Crippen LogP contribution in [0.15, 0.2) is 35.3 Å². The van der Waals surface area contributed by atoms with Gasteiger partial charge in [0.1, 0.15) is 11.7 Å². The molecule has 1 aromatic carbocycles. The van der Waals surface area contributed by atoms with Gasteiger partial charge in [-0.05, 0) is 30.7 Å². The molecule has 0 bridgehead atoms. The highest BCUT2D eigenvalue weighted by molar-refractivity contribution is 6.34. The monoisotopic (exact) mass is 709 g/mol. The lowest BCUT2D eigenvalue weighted by Gasteiger charge is -2.36. The highest BCUT2D eigenvalue weighted by Crippen LogP contribution is 2.42. The Balaban J connectivity index is 1.35. The zero-order valence-electron chi connectivity index (χ0n) is 25.1. The molecule has 3 aromatic heterocycles. The van der Waals surface area contributed by atoms with Crippen LogP contribution in [-0.2, 0) is 11.0 Å². The standard InChI is InChI=1S/C29H28Cl2F3N9O5/c1-14-12-19(24(46)37-18-3-2-15(13-17(18)31)29(32,33)34)42-21(14)22(26(48)43-28(42)38-27(39-43)36-6-11-44)40-7-9-41(10-8-40)25(47)20-23(45)16(30)4-5-35-20/h2-5,13-14,19,44-45H,6-12H2,1H3,(H,36,39)(H,37,46). The van der Waals surface area contributed by atoms with Crippen molar-refractivity contribution in [2.45, 2.75) is 31.5 Å². The quantitative estimate of drug-likeness (QED) is 0.223. The number of nitrogens with zero attached hydrogens (tertiary/aromatic N) is 7. The SMILES string of the molecule is CC1CC(C(=O)Nc2ccc(C(F)(F)F)cc2Cl)n2c1c(N1CCN(C(=O)c3nccc(Cl)c3O)CC1)c(=O)n1nc(NCCO)nc21. The van der Waals surface area contributed by atoms with Crippen molar-refractivity contribution in [2.24, 2.45) is 0 Å². The average Bonchev–Trinajstić information content (AvgIpc) is 3.63. The van der Waals surface area contributed by atoms with Crippen molar-refractivity contribution < 1.29 is 33.0 Å². The minimum atomic E-state index is -4.62. The molecule has 5 heterocycles. The second-order valence-corrected chi connectivity index (χ2v) is 12.1. The Bertz CT molecular complexity index is 1980. The summed E-state index contributed by atoms with van der Waals surface area (Å²) >= 11 is 12.1. The van der Waals surface area contributed by atoms with Crippen LogP contribution in [0.1, 0.15) is 47.1 Å². The summed E-state index contributed by atoms with van der Waals surface area (Å²) in [5.74, 6) is -1.86. The number of halogens is 5. The maximum absolute atomic E-state index is 14.0. The van der Waals surface area contributed by atoms with E-state index in [1.807, 2.05) is 6.92 Å². The van der Waals surface area contributed by atoms with Crippen molar-refractivity contribution in [3.8, 4) is 5.75 Å². The first-order valence-corrected chi connectivity index (χ1v) is 15.5. The number of rotatable bonds is 7. The molecular weight excluding hydrogens is 682 g/mol. The first kappa shape index (κ1) is 33.3. The van der Waals surface area contributed by atoms with E-state index in [4.69, 9.17) is 23.2 Å². The summed E-state index contributed by atoms with van der Waals surface area (Å²) in [6, 6.07) is 3.00. The van der Waals surface area contributed by atoms with Crippen molar-refractivity contribution in [1.82, 2.24) is 29.0 Å². The number of alkyl halides is 3. The molecule has 2 unspecified atom stereocenters. The maximum atomic E-state index is 14.0. The van der Waals surface area contributed by atoms with Gasteiger partial charge in [-0.2, -0.15) is 22.7 Å². The summed E-state index contributed by atoms with van der Waals surface area (Å²) in [7, 11) is 0. The summed E-state index contributed by atoms with van der Waals surface area (Å²) in [6.07, 6.45) is -3.10. The number of pyridine rings is 1. The number of piperazine rings is 1. The van der Waals surface area contributed by atoms with E-state index in [9.17, 15) is 37.8 Å². The van der Waals surface area contributed by atoms with Gasteiger partial charge in [0.2, 0.25) is 17.6 Å². The normalized spacial score (nSPS) is 17.9. The number of fused-ring (bicyclic) bond motifs is 3. The Morgan fingerprint density at radius 1 is 1.10 bits per heavy atom. The number of aromatic hydroxyl groups is 1. The van der Waals surface area contributed by atoms with Gasteiger partial charge in [0.25, 0.3) is 11.5 Å². The molecule has 0 radical (unpaired) electrons. The van der Waals surface area contributed by atoms with Gasteiger partial charge in [-0.15, -0.1) is 5.10 Å². The zero-order valence-corrected chi connectivity index (χ0v) is 26.6. The summed E-state index contributed by atoms with van der Waals surface area (Å²) in [4.78, 5) is 52.6. The molecule has 0 spiro atoms. The number of amides is 2. The fourth-order valence-electron chi connectivity index (χ4n) is 6.00. The Labute approximate surface area is 279 Å². The van der Waals surface area contributed by atoms with Gasteiger partial charge >= 0.3 is 6.18 Å². The number of aliphatic hydroxyl groups excluding tert-OH is 1. The third kappa shape index (κ3) is 5.97. The largest absolute Gasteiger partial charge is 0.504 e. The van der Waals surface area contributed by atoms with Crippen LogP contribution in [0.3, 0.4) is 0 Å². The number of nitrogens with one attached hydrogen (secondary N) is 2. The average molecular weight is 711 g/mol. The van der Waals surface area contributed by atoms with E-state index in [1.165, 1.54) is 17.2 Å². The summed E-state index contributed by atoms with van der Waals surface area (Å²) in [6.45, 7) is 2.41. The first-order valence-electron chi connectivity index (χ1n) is 14.7. The van der Waals surface area contributed by atoms with Crippen LogP contribution < -0.4 is 21.1 Å². The van der Waals surface area contributed by atoms with E-state index in [1.54, 1.807) is 9.47 Å². The van der Waals surface area contributed by atoms with Gasteiger partial charge in [0.15, 0.2) is 11.4 Å². The third-order valence-corrected chi connectivity index (χ3v) is 8.89. The first-order chi connectivity index (χ1) is 22.8. The Kier molecular flexibility index (Phi) is 8.86. The van der Waals surface area contributed by atoms with Gasteiger partial charge in [-0.3, -0.25) is 19.0 Å². The highest BCUT2D eigenvalue weighted by atomic mass is 35.5. The number of aromatic nitrogens is 5. The number of carbonyl (C=O) groups is 2. The lowest BCUT2D eigenvalue weighted by molar-refractivity contribution is -0.137. The van der Waals surface area contributed by atoms with E-state index in [-0.39, 0.29) is 90.5 Å². The molecule has 1 saturated heterocycles. The lowest BCUT2D eigenvalue weighted by Crippen LogP contribution is -2.51. The summed E-state index contributed by atoms with van der Waals surface area (Å²) < 4.78 is 42.2. The second-order valence-electron chi connectivity index (χ2n) is 11.3. The molecule has 1 fully saturated rings. The molecule has 0 aliphatic carbocycles. The third-order valence-electron chi connectivity index (χ3n) is 8.27. The van der Waals surface area contributed by atoms with Gasteiger partial charge in [0.05, 0.1) is 33.6 Å². The molecule has 4 N–H and O–H groups in total. The van der Waals surface area contributed by atoms with Crippen LogP contribution in [0, 0.1) is 0 Å². The molecular formula is C29H28Cl2F3N9O5. The highest BCUT2D eigenvalue weighted by Gasteiger charge is 2.41. The van der Waals surface area contributed by atoms with E-state index in [0.29, 0.717) is 5.69 Å². The summed E-state index contributed by atoms with van der Waals surface area (Å²) in [5.41, 5.74) is -0.981. The number of hydrogen-bond donors (Lipinski definition) is 4. The molecule has 2 aliphatic rings. The second kappa shape index (κ2) is 12.8. The van der Waals surface area contributed by atoms with E-state index < -0.39 is 40.9 Å². The molecule has 48 heavy (non-hydrogen) atoms. The van der Waals surface area contributed by atoms with Gasteiger partial charge in [-0.1, -0.05) is 30.1 Å². The zero-order chi connectivity index (χ0) is 34.5. The molecule has 14 nitrogen and oxygen atoms in total. The predicted molar refractivity (Wildman–Crippen MR) is 169 cm³/mol. The number of aliphatic hydroxyl groups is 1. The maximum Gasteiger partial charge on any atom is 0.416 e. The number of anilines is 3. The molecule has 19 heteroatoms. The summed E-state index contributed by atoms with van der Waals surface area (Å²) in [5, 5.41) is 28.9. The smallest absolute Gasteiger partial charge is 0.416 e. The topological polar surface area (TPSA) is 170 Å². The van der Waals surface area contributed by atoms with E-state index in [2.05, 4.69) is 25.7 Å². The molecule has 2 aliphatic heterocycles. The molecule has 0 saturated carbocycles. The van der Waals surface area contributed by atoms with Crippen molar-refractivity contribution in [2.75, 3.05) is 54.9 Å². The molecule has 2 atom stereocenters. The van der Waals surface area contributed by atoms with Crippen LogP contribution in [0.4, 0.5) is 30.5 Å². The lowest BCUT2D eigenvalue weighted by atomic mass is 10.0. The van der Waals surface area contributed by atoms with Gasteiger partial charge < -0.3 is 30.6 Å². The van der Waals surface area contributed by atoms with Crippen molar-refractivity contribution in [1.29, 1.82) is 0 Å². The van der Waals surface area contributed by atoms with Crippen molar-refractivity contribution in [3.63, 3.8) is 0 Å². The fourth-order valence-corrected chi connectivity index (χ4v) is 6.37. The molecule has 254 valence electrons. The molecule has 6 rings (SSSR count). The predicted octanol–water partition coefficient (Wildman–Crippen LogP) is 3.37. The van der Waals surface area contributed by atoms with Crippen molar-refractivity contribution >= 4 is 58.1 Å². The van der Waals surface area contributed by atoms with E-state index >= 15 is 0 Å². The van der Waals surface area contributed by atoms with Crippen molar-refractivity contribution in [3.05, 3.63) is 67.8 Å². The van der Waals surface area contributed by atoms with Crippen LogP contribution in [0.2, 0.25) is 10.0 Å². The number of hydrogen-bond acceptors (Lipinski definition) is 10. The number of carbonyl (C=O) groups excluding carboxylic acids is 2. The molecule has 4 aromatic rings. The Morgan fingerprint density at radius 3 is 2.50 bits per heavy atom. The van der Waals surface area contributed by atoms with Crippen LogP contribution >= 0.6 is 23.2 Å².